The summed E-state index contributed by atoms with van der Waals surface area (Å²) in [4.78, 5) is 10.4. The van der Waals surface area contributed by atoms with Crippen LogP contribution in [0.25, 0.3) is 0 Å². The first-order chi connectivity index (χ1) is 3.38. The summed E-state index contributed by atoms with van der Waals surface area (Å²) < 4.78 is 4.85. The van der Waals surface area contributed by atoms with Crippen LogP contribution in [0.1, 0.15) is 0 Å². The van der Waals surface area contributed by atoms with Crippen LogP contribution in [0.4, 0.5) is 0 Å². The number of ether oxygens (including phenoxy) is 1. The maximum atomic E-state index is 10.4. The van der Waals surface area contributed by atoms with Crippen LogP contribution in [-0.4, -0.2) is 24.7 Å². The maximum absolute atomic E-state index is 10.4. The number of hydrogen-bond acceptors (Lipinski definition) is 2. The van der Waals surface area contributed by atoms with Crippen LogP contribution in [0, 0.1) is 0 Å². The Bertz CT molecular complexity index is 123. The fourth-order valence-electron chi connectivity index (χ4n) is 0.831. The number of carbonyl (C=O) groups is 1. The number of nitrogens with one attached hydrogen (secondary N) is 1. The first-order valence-electron chi connectivity index (χ1n) is 2.31. The normalized spacial score (nSPS) is 45.4. The second-order valence-corrected chi connectivity index (χ2v) is 1.84. The summed E-state index contributed by atoms with van der Waals surface area (Å²) in [5, 5.41) is 2.66. The summed E-state index contributed by atoms with van der Waals surface area (Å²) in [5.41, 5.74) is 0. The third-order valence-electron chi connectivity index (χ3n) is 1.32. The Kier molecular flexibility index (Phi) is 0.400. The molecule has 1 N–H and O–H groups in total. The lowest BCUT2D eigenvalue weighted by atomic mass is 10.4. The average molecular weight is 99.1 g/mol. The summed E-state index contributed by atoms with van der Waals surface area (Å²) in [6.45, 7) is 0.726. The van der Waals surface area contributed by atoms with Gasteiger partial charge in [-0.2, -0.15) is 0 Å². The SMILES string of the molecule is O=C1NC[C@H]2O[C@@H]12. The van der Waals surface area contributed by atoms with Crippen LogP contribution < -0.4 is 5.32 Å². The highest BCUT2D eigenvalue weighted by atomic mass is 16.6. The molecule has 0 aromatic heterocycles. The Morgan fingerprint density at radius 3 is 2.86 bits per heavy atom. The molecule has 0 radical (unpaired) electrons. The van der Waals surface area contributed by atoms with Crippen molar-refractivity contribution in [3.8, 4) is 0 Å². The second-order valence-electron chi connectivity index (χ2n) is 1.84. The van der Waals surface area contributed by atoms with E-state index < -0.39 is 0 Å². The second kappa shape index (κ2) is 0.816. The van der Waals surface area contributed by atoms with E-state index in [2.05, 4.69) is 5.32 Å². The van der Waals surface area contributed by atoms with Gasteiger partial charge < -0.3 is 10.1 Å². The van der Waals surface area contributed by atoms with Crippen molar-refractivity contribution in [2.24, 2.45) is 0 Å². The first kappa shape index (κ1) is 3.43. The minimum absolute atomic E-state index is 0.0602. The molecule has 0 spiro atoms. The van der Waals surface area contributed by atoms with Crippen molar-refractivity contribution in [2.45, 2.75) is 12.2 Å². The molecular weight excluding hydrogens is 94.0 g/mol. The van der Waals surface area contributed by atoms with Crippen LogP contribution in [-0.2, 0) is 9.53 Å². The summed E-state index contributed by atoms with van der Waals surface area (Å²) >= 11 is 0. The minimum atomic E-state index is -0.0694. The number of amides is 1. The zero-order chi connectivity index (χ0) is 4.85. The van der Waals surface area contributed by atoms with E-state index in [1.54, 1.807) is 0 Å². The molecule has 2 heterocycles. The molecule has 0 bridgehead atoms. The lowest BCUT2D eigenvalue weighted by Gasteiger charge is -1.89. The van der Waals surface area contributed by atoms with Gasteiger partial charge >= 0.3 is 0 Å². The van der Waals surface area contributed by atoms with E-state index in [0.29, 0.717) is 0 Å². The molecule has 2 fully saturated rings. The molecule has 2 atom stereocenters. The summed E-state index contributed by atoms with van der Waals surface area (Å²) in [7, 11) is 0. The molecule has 2 rings (SSSR count). The third-order valence-corrected chi connectivity index (χ3v) is 1.32. The molecule has 2 aliphatic heterocycles. The van der Waals surface area contributed by atoms with Gasteiger partial charge in [0.1, 0.15) is 6.10 Å². The average Bonchev–Trinajstić information content (AvgIpc) is 2.33. The van der Waals surface area contributed by atoms with Crippen LogP contribution >= 0.6 is 0 Å². The molecule has 0 saturated carbocycles. The molecule has 0 aromatic carbocycles. The monoisotopic (exact) mass is 99.0 g/mol. The Balaban J connectivity index is 2.21. The maximum Gasteiger partial charge on any atom is 0.252 e. The highest BCUT2D eigenvalue weighted by molar-refractivity contribution is 5.86. The van der Waals surface area contributed by atoms with Gasteiger partial charge in [-0.25, -0.2) is 0 Å². The number of morpholine rings is 1. The van der Waals surface area contributed by atoms with Gasteiger partial charge in [0.15, 0.2) is 6.10 Å². The van der Waals surface area contributed by atoms with Gasteiger partial charge in [0.25, 0.3) is 5.91 Å². The van der Waals surface area contributed by atoms with Gasteiger partial charge in [0, 0.05) is 6.54 Å². The molecule has 2 saturated heterocycles. The largest absolute Gasteiger partial charge is 0.357 e. The molecule has 38 valence electrons. The van der Waals surface area contributed by atoms with E-state index in [4.69, 9.17) is 4.74 Å². The van der Waals surface area contributed by atoms with Gasteiger partial charge in [-0.15, -0.1) is 0 Å². The van der Waals surface area contributed by atoms with Crippen molar-refractivity contribution in [3.05, 3.63) is 0 Å². The molecule has 0 aliphatic carbocycles. The van der Waals surface area contributed by atoms with Crippen molar-refractivity contribution < 1.29 is 9.53 Å². The topological polar surface area (TPSA) is 41.6 Å². The summed E-state index contributed by atoms with van der Waals surface area (Å²) in [6.07, 6.45) is 0.160. The van der Waals surface area contributed by atoms with E-state index in [1.165, 1.54) is 0 Å². The summed E-state index contributed by atoms with van der Waals surface area (Å²) in [6, 6.07) is 0. The number of rotatable bonds is 0. The lowest BCUT2D eigenvalue weighted by Crippen LogP contribution is -2.21. The fourth-order valence-corrected chi connectivity index (χ4v) is 0.831. The van der Waals surface area contributed by atoms with Gasteiger partial charge in [-0.3, -0.25) is 4.79 Å². The van der Waals surface area contributed by atoms with Crippen molar-refractivity contribution in [2.75, 3.05) is 6.54 Å². The number of hydrogen-bond donors (Lipinski definition) is 1. The Morgan fingerprint density at radius 2 is 2.71 bits per heavy atom. The third kappa shape index (κ3) is 0.307. The van der Waals surface area contributed by atoms with E-state index in [-0.39, 0.29) is 18.1 Å². The van der Waals surface area contributed by atoms with Gasteiger partial charge in [0.2, 0.25) is 0 Å². The smallest absolute Gasteiger partial charge is 0.252 e. The van der Waals surface area contributed by atoms with E-state index in [9.17, 15) is 4.79 Å². The van der Waals surface area contributed by atoms with Crippen molar-refractivity contribution in [1.29, 1.82) is 0 Å². The lowest BCUT2D eigenvalue weighted by molar-refractivity contribution is -0.121. The molecule has 0 aromatic rings. The van der Waals surface area contributed by atoms with Crippen LogP contribution in [0.5, 0.6) is 0 Å². The predicted molar refractivity (Wildman–Crippen MR) is 21.7 cm³/mol. The molecule has 2 aliphatic rings. The molecule has 7 heavy (non-hydrogen) atoms. The Hall–Kier alpha value is -0.570. The molecule has 0 unspecified atom stereocenters. The number of carbonyl (C=O) groups excluding carboxylic acids is 1. The zero-order valence-electron chi connectivity index (χ0n) is 3.68. The Morgan fingerprint density at radius 1 is 1.86 bits per heavy atom. The highest BCUT2D eigenvalue weighted by Crippen LogP contribution is 2.25. The van der Waals surface area contributed by atoms with Crippen LogP contribution in [0.3, 0.4) is 0 Å². The van der Waals surface area contributed by atoms with Crippen molar-refractivity contribution in [3.63, 3.8) is 0 Å². The van der Waals surface area contributed by atoms with E-state index >= 15 is 0 Å². The molecule has 3 nitrogen and oxygen atoms in total. The Labute approximate surface area is 40.6 Å². The van der Waals surface area contributed by atoms with E-state index in [0.717, 1.165) is 6.54 Å². The molecule has 1 amide bonds. The predicted octanol–water partition coefficient (Wildman–Crippen LogP) is -1.12. The number of fused-ring (bicyclic) bond motifs is 1. The van der Waals surface area contributed by atoms with Crippen LogP contribution in [0.15, 0.2) is 0 Å². The van der Waals surface area contributed by atoms with Crippen LogP contribution in [0.2, 0.25) is 0 Å². The van der Waals surface area contributed by atoms with Crippen molar-refractivity contribution in [1.82, 2.24) is 5.32 Å². The zero-order valence-corrected chi connectivity index (χ0v) is 3.68. The van der Waals surface area contributed by atoms with E-state index in [1.807, 2.05) is 0 Å². The minimum Gasteiger partial charge on any atom is -0.357 e. The molecular formula is C4H5NO2. The van der Waals surface area contributed by atoms with Gasteiger partial charge in [-0.05, 0) is 0 Å². The quantitative estimate of drug-likeness (QED) is 0.391. The fraction of sp³-hybridized carbons (Fsp3) is 0.750. The van der Waals surface area contributed by atoms with Gasteiger partial charge in [0.05, 0.1) is 0 Å². The molecule has 3 heteroatoms. The number of epoxide rings is 1. The van der Waals surface area contributed by atoms with Crippen molar-refractivity contribution >= 4 is 5.91 Å². The van der Waals surface area contributed by atoms with Gasteiger partial charge in [-0.1, -0.05) is 0 Å². The summed E-state index contributed by atoms with van der Waals surface area (Å²) in [5.74, 6) is 0.0602. The standard InChI is InChI=1S/C4H5NO2/c6-4-3-2(7-3)1-5-4/h2-3H,1H2,(H,5,6)/t2-,3-/m1/s1. The first-order valence-corrected chi connectivity index (χ1v) is 2.31. The highest BCUT2D eigenvalue weighted by Gasteiger charge is 2.50.